The van der Waals surface area contributed by atoms with Crippen LogP contribution in [-0.4, -0.2) is 142 Å². The summed E-state index contributed by atoms with van der Waals surface area (Å²) in [6, 6.07) is 0. The van der Waals surface area contributed by atoms with Crippen LogP contribution in [0, 0.1) is 0 Å². The summed E-state index contributed by atoms with van der Waals surface area (Å²) in [6.45, 7) is 2.45. The summed E-state index contributed by atoms with van der Waals surface area (Å²) in [5.41, 5.74) is 0. The number of unbranched alkanes of at least 4 members (excludes halogenated alkanes) is 17. The molecule has 4 unspecified atom stereocenters. The molecule has 0 radical (unpaired) electrons. The van der Waals surface area contributed by atoms with Gasteiger partial charge in [-0.05, 0) is 57.8 Å². The van der Waals surface area contributed by atoms with E-state index >= 15 is 0 Å². The monoisotopic (exact) mass is 995 g/mol. The topological polar surface area (TPSA) is 231 Å². The molecule has 15 nitrogen and oxygen atoms in total. The van der Waals surface area contributed by atoms with Crippen LogP contribution in [-0.2, 0) is 38.0 Å². The van der Waals surface area contributed by atoms with Crippen molar-refractivity contribution in [2.45, 2.75) is 248 Å². The number of rotatable bonds is 41. The maximum Gasteiger partial charge on any atom is 0.306 e. The lowest BCUT2D eigenvalue weighted by atomic mass is 9.98. The van der Waals surface area contributed by atoms with E-state index < -0.39 is 99.3 Å². The molecule has 0 aromatic carbocycles. The van der Waals surface area contributed by atoms with Crippen molar-refractivity contribution in [3.05, 3.63) is 60.8 Å². The van der Waals surface area contributed by atoms with Gasteiger partial charge in [-0.3, -0.25) is 9.59 Å². The van der Waals surface area contributed by atoms with Gasteiger partial charge in [-0.1, -0.05) is 171 Å². The fourth-order valence-corrected chi connectivity index (χ4v) is 8.13. The number of carbonyl (C=O) groups excluding carboxylic acids is 2. The van der Waals surface area contributed by atoms with Gasteiger partial charge in [-0.25, -0.2) is 0 Å². The maximum absolute atomic E-state index is 13.0. The van der Waals surface area contributed by atoms with E-state index in [9.17, 15) is 45.3 Å². The minimum atomic E-state index is -1.77. The van der Waals surface area contributed by atoms with Crippen molar-refractivity contribution < 1.29 is 73.8 Å². The van der Waals surface area contributed by atoms with Gasteiger partial charge >= 0.3 is 11.9 Å². The van der Waals surface area contributed by atoms with Gasteiger partial charge in [-0.2, -0.15) is 0 Å². The Kier molecular flexibility index (Phi) is 37.7. The number of allylic oxidation sites excluding steroid dienone is 10. The molecular formula is C55H94O15. The van der Waals surface area contributed by atoms with E-state index in [1.54, 1.807) is 0 Å². The lowest BCUT2D eigenvalue weighted by Gasteiger charge is -2.42. The summed E-state index contributed by atoms with van der Waals surface area (Å²) in [6.07, 6.45) is 31.0. The van der Waals surface area contributed by atoms with E-state index in [2.05, 4.69) is 74.6 Å². The summed E-state index contributed by atoms with van der Waals surface area (Å²) in [7, 11) is 0. The van der Waals surface area contributed by atoms with E-state index in [4.69, 9.17) is 28.4 Å². The Balaban J connectivity index is 1.80. The summed E-state index contributed by atoms with van der Waals surface area (Å²) in [4.78, 5) is 25.8. The minimum Gasteiger partial charge on any atom is -0.462 e. The first-order valence-corrected chi connectivity index (χ1v) is 26.9. The Labute approximate surface area is 420 Å². The molecule has 70 heavy (non-hydrogen) atoms. The molecule has 2 fully saturated rings. The van der Waals surface area contributed by atoms with Crippen LogP contribution in [0.1, 0.15) is 181 Å². The largest absolute Gasteiger partial charge is 0.462 e. The first-order valence-electron chi connectivity index (χ1n) is 26.9. The van der Waals surface area contributed by atoms with Crippen LogP contribution in [0.2, 0.25) is 0 Å². The van der Waals surface area contributed by atoms with Gasteiger partial charge in [-0.15, -0.1) is 0 Å². The number of esters is 2. The average Bonchev–Trinajstić information content (AvgIpc) is 3.35. The molecule has 15 heteroatoms. The zero-order valence-electron chi connectivity index (χ0n) is 42.7. The van der Waals surface area contributed by atoms with Crippen molar-refractivity contribution in [1.29, 1.82) is 0 Å². The van der Waals surface area contributed by atoms with Gasteiger partial charge < -0.3 is 64.2 Å². The predicted molar refractivity (Wildman–Crippen MR) is 270 cm³/mol. The van der Waals surface area contributed by atoms with E-state index in [0.717, 1.165) is 70.6 Å². The zero-order valence-corrected chi connectivity index (χ0v) is 42.7. The highest BCUT2D eigenvalue weighted by Gasteiger charge is 2.47. The van der Waals surface area contributed by atoms with E-state index in [-0.39, 0.29) is 19.4 Å². The second kappa shape index (κ2) is 41.6. The molecular weight excluding hydrogens is 901 g/mol. The van der Waals surface area contributed by atoms with Gasteiger partial charge in [0.25, 0.3) is 0 Å². The van der Waals surface area contributed by atoms with Crippen LogP contribution in [0.15, 0.2) is 60.8 Å². The summed E-state index contributed by atoms with van der Waals surface area (Å²) < 4.78 is 33.6. The smallest absolute Gasteiger partial charge is 0.306 e. The number of aliphatic hydroxyl groups excluding tert-OH is 7. The molecule has 2 heterocycles. The number of ether oxygens (including phenoxy) is 6. The molecule has 0 aromatic heterocycles. The molecule has 2 aliphatic rings. The molecule has 0 amide bonds. The van der Waals surface area contributed by atoms with Gasteiger partial charge in [0.2, 0.25) is 0 Å². The van der Waals surface area contributed by atoms with Crippen LogP contribution in [0.25, 0.3) is 0 Å². The standard InChI is InChI=1S/C55H94O15/c1-3-5-7-9-11-13-15-17-19-20-21-22-24-25-27-29-31-33-35-37-46(57)65-40-43(68-47(58)38-36-34-32-30-28-26-23-18-16-14-12-10-8-6-4-2)41-66-54-53(64)51(62)49(60)45(70-54)42-67-55-52(63)50(61)48(59)44(39-56)69-55/h5,7,11,13,17,19,21-22,25,27,43-45,48-56,59-64H,3-4,6,8-10,12,14-16,18,20,23-24,26,28-42H2,1-2H3/b7-5+,13-11+,19-17+,22-21+,27-25+/t43-,44+,45+,48-,49-,50?,51?,52?,53?,54+,55+/m0/s1. The molecule has 0 aliphatic carbocycles. The highest BCUT2D eigenvalue weighted by atomic mass is 16.7. The Bertz CT molecular complexity index is 1450. The maximum atomic E-state index is 13.0. The fourth-order valence-electron chi connectivity index (χ4n) is 8.13. The van der Waals surface area contributed by atoms with E-state index in [1.807, 2.05) is 0 Å². The molecule has 2 saturated heterocycles. The summed E-state index contributed by atoms with van der Waals surface area (Å²) in [5.74, 6) is -0.961. The van der Waals surface area contributed by atoms with Crippen molar-refractivity contribution in [3.63, 3.8) is 0 Å². The van der Waals surface area contributed by atoms with Crippen molar-refractivity contribution in [2.24, 2.45) is 0 Å². The van der Waals surface area contributed by atoms with Crippen molar-refractivity contribution in [2.75, 3.05) is 26.4 Å². The van der Waals surface area contributed by atoms with Crippen LogP contribution < -0.4 is 0 Å². The number of aliphatic hydroxyl groups is 7. The van der Waals surface area contributed by atoms with E-state index in [1.165, 1.54) is 70.6 Å². The van der Waals surface area contributed by atoms with E-state index in [0.29, 0.717) is 12.8 Å². The Morgan fingerprint density at radius 1 is 0.471 bits per heavy atom. The fraction of sp³-hybridized carbons (Fsp3) is 0.782. The van der Waals surface area contributed by atoms with Crippen LogP contribution in [0.5, 0.6) is 0 Å². The van der Waals surface area contributed by atoms with Gasteiger partial charge in [0.05, 0.1) is 19.8 Å². The molecule has 0 saturated carbocycles. The second-order valence-corrected chi connectivity index (χ2v) is 18.7. The normalized spacial score (nSPS) is 25.8. The van der Waals surface area contributed by atoms with Crippen LogP contribution in [0.3, 0.4) is 0 Å². The Morgan fingerprint density at radius 3 is 1.41 bits per heavy atom. The molecule has 2 rings (SSSR count). The number of hydrogen-bond acceptors (Lipinski definition) is 15. The molecule has 11 atom stereocenters. The highest BCUT2D eigenvalue weighted by Crippen LogP contribution is 2.26. The third kappa shape index (κ3) is 29.0. The summed E-state index contributed by atoms with van der Waals surface area (Å²) >= 11 is 0. The molecule has 404 valence electrons. The third-order valence-corrected chi connectivity index (χ3v) is 12.5. The van der Waals surface area contributed by atoms with Gasteiger partial charge in [0, 0.05) is 12.8 Å². The number of hydrogen-bond donors (Lipinski definition) is 7. The number of carbonyl (C=O) groups is 2. The molecule has 0 bridgehead atoms. The highest BCUT2D eigenvalue weighted by molar-refractivity contribution is 5.70. The lowest BCUT2D eigenvalue weighted by molar-refractivity contribution is -0.332. The molecule has 2 aliphatic heterocycles. The minimum absolute atomic E-state index is 0.158. The quantitative estimate of drug-likeness (QED) is 0.0175. The zero-order chi connectivity index (χ0) is 51.0. The molecule has 7 N–H and O–H groups in total. The average molecular weight is 995 g/mol. The van der Waals surface area contributed by atoms with Crippen LogP contribution in [0.4, 0.5) is 0 Å². The second-order valence-electron chi connectivity index (χ2n) is 18.7. The van der Waals surface area contributed by atoms with Gasteiger partial charge in [0.1, 0.15) is 55.4 Å². The van der Waals surface area contributed by atoms with Crippen LogP contribution >= 0.6 is 0 Å². The van der Waals surface area contributed by atoms with Crippen molar-refractivity contribution in [3.8, 4) is 0 Å². The molecule has 0 spiro atoms. The van der Waals surface area contributed by atoms with Gasteiger partial charge in [0.15, 0.2) is 18.7 Å². The molecule has 0 aromatic rings. The Morgan fingerprint density at radius 2 is 0.900 bits per heavy atom. The third-order valence-electron chi connectivity index (χ3n) is 12.5. The SMILES string of the molecule is CC/C=C/C/C=C/C/C=C/C/C=C/C/C=C/CCCCCC(=O)OC[C@@H](CO[C@@H]1O[C@H](CO[C@@H]2O[C@H](CO)[C@H](O)C(O)C2O)[C@H](O)C(O)C1O)OC(=O)CCCCCCCCCCCCCCCCC. The first kappa shape index (κ1) is 63.3. The van der Waals surface area contributed by atoms with Crippen molar-refractivity contribution in [1.82, 2.24) is 0 Å². The predicted octanol–water partition coefficient (Wildman–Crippen LogP) is 8.05. The lowest BCUT2D eigenvalue weighted by Crippen LogP contribution is -2.61. The first-order chi connectivity index (χ1) is 34.0. The summed E-state index contributed by atoms with van der Waals surface area (Å²) in [5, 5.41) is 72.1. The Hall–Kier alpha value is -2.80. The van der Waals surface area contributed by atoms with Crippen molar-refractivity contribution >= 4 is 11.9 Å².